The third-order valence-corrected chi connectivity index (χ3v) is 11.7. The van der Waals surface area contributed by atoms with E-state index in [-0.39, 0.29) is 110 Å². The Morgan fingerprint density at radius 1 is 0.290 bits per heavy atom. The van der Waals surface area contributed by atoms with E-state index in [9.17, 15) is 21.5 Å². The molecule has 0 atom stereocenters. The zero-order chi connectivity index (χ0) is 55.0. The standard InChI is InChI=1S/C56H32N6/c57-33-43-53(59-45-25-9-1-17-35(45)36-18-2-10-26-46(36)59)54(60-47-27-11-3-19-37(47)38-20-4-12-28-48(38)60)44(34-58)56(62-51-31-15-7-23-41(51)42-24-8-16-32-52(42)62)55(43)61-49-29-13-5-21-39(49)40-22-6-14-30-50(40)61/h1-32H/i1D,3D,5D,7D,9D,11D,13D,15D,17D,19D,21D,23D,25D,27D,29D,31D. The Bertz CT molecular complexity index is 4470. The second-order valence-corrected chi connectivity index (χ2v) is 14.7. The molecule has 13 aromatic rings. The number of rotatable bonds is 4. The molecule has 9 aromatic carbocycles. The molecule has 0 fully saturated rings. The summed E-state index contributed by atoms with van der Waals surface area (Å²) < 4.78 is 154. The summed E-state index contributed by atoms with van der Waals surface area (Å²) in [6, 6.07) is 22.1. The molecule has 0 radical (unpaired) electrons. The Labute approximate surface area is 377 Å². The van der Waals surface area contributed by atoms with Crippen molar-refractivity contribution >= 4 is 87.2 Å². The molecule has 0 saturated heterocycles. The van der Waals surface area contributed by atoms with Gasteiger partial charge >= 0.3 is 0 Å². The van der Waals surface area contributed by atoms with Gasteiger partial charge in [0, 0.05) is 43.1 Å². The first-order valence-corrected chi connectivity index (χ1v) is 19.4. The van der Waals surface area contributed by atoms with Crippen LogP contribution in [-0.2, 0) is 0 Å². The van der Waals surface area contributed by atoms with Gasteiger partial charge in [-0.2, -0.15) is 10.5 Å². The highest BCUT2D eigenvalue weighted by Gasteiger charge is 2.34. The van der Waals surface area contributed by atoms with Crippen LogP contribution in [-0.4, -0.2) is 18.3 Å². The molecule has 62 heavy (non-hydrogen) atoms. The molecule has 286 valence electrons. The van der Waals surface area contributed by atoms with Gasteiger partial charge in [0.05, 0.1) is 88.8 Å². The number of para-hydroxylation sites is 8. The van der Waals surface area contributed by atoms with Crippen LogP contribution in [0, 0.1) is 22.7 Å². The van der Waals surface area contributed by atoms with Crippen LogP contribution in [0.25, 0.3) is 110 Å². The Balaban J connectivity index is 1.46. The maximum Gasteiger partial charge on any atom is 0.104 e. The van der Waals surface area contributed by atoms with E-state index in [1.807, 2.05) is 0 Å². The number of nitriles is 2. The largest absolute Gasteiger partial charge is 0.306 e. The minimum absolute atomic E-state index is 0.0177. The predicted molar refractivity (Wildman–Crippen MR) is 253 cm³/mol. The van der Waals surface area contributed by atoms with Gasteiger partial charge in [-0.15, -0.1) is 0 Å². The van der Waals surface area contributed by atoms with E-state index in [1.54, 1.807) is 97.1 Å². The van der Waals surface area contributed by atoms with E-state index < -0.39 is 108 Å². The molecule has 0 aliphatic heterocycles. The van der Waals surface area contributed by atoms with Crippen LogP contribution in [0.4, 0.5) is 0 Å². The van der Waals surface area contributed by atoms with Crippen LogP contribution in [0.1, 0.15) is 33.1 Å². The molecule has 13 rings (SSSR count). The van der Waals surface area contributed by atoms with Gasteiger partial charge < -0.3 is 18.3 Å². The minimum Gasteiger partial charge on any atom is -0.306 e. The van der Waals surface area contributed by atoms with Gasteiger partial charge in [-0.25, -0.2) is 0 Å². The second kappa shape index (κ2) is 12.8. The molecule has 0 aliphatic carbocycles. The summed E-state index contributed by atoms with van der Waals surface area (Å²) in [5, 5.41) is 26.3. The van der Waals surface area contributed by atoms with E-state index in [1.165, 1.54) is 18.3 Å². The maximum absolute atomic E-state index is 12.5. The Kier molecular flexibility index (Phi) is 4.54. The monoisotopic (exact) mass is 804 g/mol. The lowest BCUT2D eigenvalue weighted by Crippen LogP contribution is -2.16. The molecule has 0 aliphatic rings. The topological polar surface area (TPSA) is 67.3 Å². The van der Waals surface area contributed by atoms with Crippen LogP contribution in [0.15, 0.2) is 194 Å². The number of fused-ring (bicyclic) bond motifs is 12. The van der Waals surface area contributed by atoms with Crippen molar-refractivity contribution in [2.75, 3.05) is 0 Å². The molecule has 0 spiro atoms. The lowest BCUT2D eigenvalue weighted by molar-refractivity contribution is 1.02. The van der Waals surface area contributed by atoms with Gasteiger partial charge in [-0.3, -0.25) is 0 Å². The first kappa shape index (κ1) is 22.0. The highest BCUT2D eigenvalue weighted by molar-refractivity contribution is 6.15. The minimum atomic E-state index is -0.655. The molecule has 0 N–H and O–H groups in total. The summed E-state index contributed by atoms with van der Waals surface area (Å²) in [7, 11) is 0. The Hall–Kier alpha value is -8.84. The lowest BCUT2D eigenvalue weighted by atomic mass is 9.98. The first-order chi connectivity index (χ1) is 37.4. The van der Waals surface area contributed by atoms with Crippen LogP contribution in [0.2, 0.25) is 0 Å². The van der Waals surface area contributed by atoms with E-state index in [2.05, 4.69) is 12.1 Å². The molecule has 4 heterocycles. The molecule has 0 bridgehead atoms. The van der Waals surface area contributed by atoms with Crippen molar-refractivity contribution in [3.63, 3.8) is 0 Å². The average molecular weight is 805 g/mol. The lowest BCUT2D eigenvalue weighted by Gasteiger charge is -2.27. The molecule has 0 unspecified atom stereocenters. The molecule has 0 amide bonds. The number of benzene rings is 9. The Morgan fingerprint density at radius 2 is 0.516 bits per heavy atom. The second-order valence-electron chi connectivity index (χ2n) is 14.7. The molecular weight excluding hydrogens is 757 g/mol. The Morgan fingerprint density at radius 3 is 0.758 bits per heavy atom. The van der Waals surface area contributed by atoms with Crippen molar-refractivity contribution in [2.45, 2.75) is 0 Å². The summed E-state index contributed by atoms with van der Waals surface area (Å²) in [6.07, 6.45) is 0. The van der Waals surface area contributed by atoms with E-state index in [0.717, 1.165) is 0 Å². The fourth-order valence-electron chi connectivity index (χ4n) is 9.39. The quantitative estimate of drug-likeness (QED) is 0.178. The van der Waals surface area contributed by atoms with Crippen LogP contribution >= 0.6 is 0 Å². The third-order valence-electron chi connectivity index (χ3n) is 11.7. The summed E-state index contributed by atoms with van der Waals surface area (Å²) in [5.41, 5.74) is -1.80. The first-order valence-electron chi connectivity index (χ1n) is 27.4. The van der Waals surface area contributed by atoms with Gasteiger partial charge in [-0.05, 0) is 48.4 Å². The number of hydrogen-bond acceptors (Lipinski definition) is 2. The van der Waals surface area contributed by atoms with Crippen LogP contribution in [0.5, 0.6) is 0 Å². The van der Waals surface area contributed by atoms with E-state index in [4.69, 9.17) is 11.0 Å². The van der Waals surface area contributed by atoms with Gasteiger partial charge in [0.15, 0.2) is 0 Å². The zero-order valence-electron chi connectivity index (χ0n) is 47.9. The predicted octanol–water partition coefficient (Wildman–Crippen LogP) is 13.8. The summed E-state index contributed by atoms with van der Waals surface area (Å²) in [6.45, 7) is 0. The average Bonchev–Trinajstić information content (AvgIpc) is 4.21. The third kappa shape index (κ3) is 4.39. The van der Waals surface area contributed by atoms with E-state index >= 15 is 0 Å². The van der Waals surface area contributed by atoms with Crippen molar-refractivity contribution in [3.05, 3.63) is 205 Å². The van der Waals surface area contributed by atoms with Crippen molar-refractivity contribution in [1.29, 1.82) is 10.5 Å². The molecular formula is C56H32N6. The number of hydrogen-bond donors (Lipinski definition) is 0. The van der Waals surface area contributed by atoms with Crippen molar-refractivity contribution in [1.82, 2.24) is 18.3 Å². The fraction of sp³-hybridized carbons (Fsp3) is 0. The van der Waals surface area contributed by atoms with Gasteiger partial charge in [0.1, 0.15) is 23.3 Å². The van der Waals surface area contributed by atoms with Gasteiger partial charge in [0.2, 0.25) is 0 Å². The summed E-state index contributed by atoms with van der Waals surface area (Å²) in [4.78, 5) is 0. The van der Waals surface area contributed by atoms with Crippen molar-refractivity contribution < 1.29 is 21.9 Å². The highest BCUT2D eigenvalue weighted by atomic mass is 15.1. The molecule has 6 nitrogen and oxygen atoms in total. The zero-order valence-corrected chi connectivity index (χ0v) is 31.9. The van der Waals surface area contributed by atoms with Crippen molar-refractivity contribution in [3.8, 4) is 34.9 Å². The number of nitrogens with zero attached hydrogens (tertiary/aromatic N) is 6. The van der Waals surface area contributed by atoms with Crippen molar-refractivity contribution in [2.24, 2.45) is 0 Å². The van der Waals surface area contributed by atoms with Crippen LogP contribution < -0.4 is 0 Å². The van der Waals surface area contributed by atoms with Crippen LogP contribution in [0.3, 0.4) is 0 Å². The maximum atomic E-state index is 12.5. The fourth-order valence-corrected chi connectivity index (χ4v) is 9.39. The smallest absolute Gasteiger partial charge is 0.104 e. The normalized spacial score (nSPS) is 15.5. The van der Waals surface area contributed by atoms with Gasteiger partial charge in [0.25, 0.3) is 0 Å². The summed E-state index contributed by atoms with van der Waals surface area (Å²) >= 11 is 0. The summed E-state index contributed by atoms with van der Waals surface area (Å²) in [5.74, 6) is 0. The highest BCUT2D eigenvalue weighted by Crippen LogP contribution is 2.48. The number of aromatic nitrogens is 4. The van der Waals surface area contributed by atoms with Gasteiger partial charge in [-0.1, -0.05) is 145 Å². The molecule has 6 heteroatoms. The van der Waals surface area contributed by atoms with E-state index in [0.29, 0.717) is 0 Å². The molecule has 4 aromatic heterocycles. The SMILES string of the molecule is [2H]c1c([2H])c([2H])c2c(c1[2H])c1ccccc1n2-c1c(C#N)c(-n2c3ccccc3c3c([2H])c([2H])c([2H])c([2H])c32)c(-n2c3ccccc3c3c([2H])c([2H])c([2H])c([2H])c32)c(C#N)c1-n1c2ccccc2c2c([2H])c([2H])c([2H])c([2H])c21. The molecule has 0 saturated carbocycles.